The first-order valence-electron chi connectivity index (χ1n) is 6.82. The fourth-order valence-corrected chi connectivity index (χ4v) is 2.37. The summed E-state index contributed by atoms with van der Waals surface area (Å²) >= 11 is 0. The number of aromatic nitrogens is 2. The average molecular weight is 363 g/mol. The molecule has 0 saturated carbocycles. The van der Waals surface area contributed by atoms with Gasteiger partial charge < -0.3 is 14.0 Å². The van der Waals surface area contributed by atoms with E-state index in [4.69, 9.17) is 4.52 Å². The Labute approximate surface area is 141 Å². The van der Waals surface area contributed by atoms with E-state index in [9.17, 15) is 17.1 Å². The van der Waals surface area contributed by atoms with Crippen molar-refractivity contribution >= 4 is 22.1 Å². The van der Waals surface area contributed by atoms with Gasteiger partial charge in [-0.15, -0.1) is 0 Å². The standard InChI is InChI=1S/C15H10FN3O5S/c16-25(21,22)24-12-6-11(7-17-8-12)18-15(20)13-9-23-19-14(13)10-4-2-1-3-5-10/h1-9H,(H,18,20). The molecule has 0 aliphatic heterocycles. The SMILES string of the molecule is O=C(Nc1cncc(OS(=O)(=O)F)c1)c1conc1-c1ccccc1. The van der Waals surface area contributed by atoms with Crippen LogP contribution in [0.25, 0.3) is 11.3 Å². The molecule has 128 valence electrons. The number of hydrogen-bond donors (Lipinski definition) is 1. The highest BCUT2D eigenvalue weighted by Gasteiger charge is 2.18. The van der Waals surface area contributed by atoms with Gasteiger partial charge in [0.05, 0.1) is 18.1 Å². The van der Waals surface area contributed by atoms with Crippen LogP contribution in [0, 0.1) is 0 Å². The van der Waals surface area contributed by atoms with Gasteiger partial charge in [0.2, 0.25) is 0 Å². The summed E-state index contributed by atoms with van der Waals surface area (Å²) in [6, 6.07) is 10.0. The molecule has 1 amide bonds. The molecule has 0 radical (unpaired) electrons. The van der Waals surface area contributed by atoms with E-state index in [0.717, 1.165) is 12.3 Å². The molecule has 10 heteroatoms. The lowest BCUT2D eigenvalue weighted by molar-refractivity contribution is 0.102. The van der Waals surface area contributed by atoms with Gasteiger partial charge in [0.25, 0.3) is 5.91 Å². The summed E-state index contributed by atoms with van der Waals surface area (Å²) in [6.07, 6.45) is 3.41. The molecule has 0 aliphatic carbocycles. The molecule has 8 nitrogen and oxygen atoms in total. The Bertz CT molecular complexity index is 1000. The van der Waals surface area contributed by atoms with Gasteiger partial charge in [-0.3, -0.25) is 9.78 Å². The van der Waals surface area contributed by atoms with Crippen molar-refractivity contribution in [1.82, 2.24) is 10.1 Å². The van der Waals surface area contributed by atoms with Crippen molar-refractivity contribution in [2.45, 2.75) is 0 Å². The summed E-state index contributed by atoms with van der Waals surface area (Å²) in [5, 5.41) is 6.29. The van der Waals surface area contributed by atoms with E-state index in [0.29, 0.717) is 11.3 Å². The van der Waals surface area contributed by atoms with Gasteiger partial charge in [0.15, 0.2) is 5.75 Å². The Balaban J connectivity index is 1.82. The zero-order chi connectivity index (χ0) is 17.9. The molecule has 2 heterocycles. The minimum absolute atomic E-state index is 0.103. The number of halogens is 1. The predicted molar refractivity (Wildman–Crippen MR) is 84.8 cm³/mol. The van der Waals surface area contributed by atoms with E-state index in [2.05, 4.69) is 19.6 Å². The maximum absolute atomic E-state index is 12.5. The van der Waals surface area contributed by atoms with Crippen LogP contribution < -0.4 is 9.50 Å². The van der Waals surface area contributed by atoms with Gasteiger partial charge in [-0.05, 0) is 0 Å². The molecule has 0 fully saturated rings. The molecule has 2 aromatic heterocycles. The minimum Gasteiger partial charge on any atom is -0.363 e. The fraction of sp³-hybridized carbons (Fsp3) is 0. The number of nitrogens with zero attached hydrogens (tertiary/aromatic N) is 2. The lowest BCUT2D eigenvalue weighted by atomic mass is 10.1. The Hall–Kier alpha value is -3.27. The number of rotatable bonds is 5. The first kappa shape index (κ1) is 16.6. The second-order valence-electron chi connectivity index (χ2n) is 4.78. The molecular formula is C15H10FN3O5S. The third kappa shape index (κ3) is 4.18. The molecule has 3 aromatic rings. The molecular weight excluding hydrogens is 353 g/mol. The molecule has 0 unspecified atom stereocenters. The van der Waals surface area contributed by atoms with Gasteiger partial charge in [-0.1, -0.05) is 39.4 Å². The van der Waals surface area contributed by atoms with Crippen molar-refractivity contribution in [1.29, 1.82) is 0 Å². The quantitative estimate of drug-likeness (QED) is 0.693. The summed E-state index contributed by atoms with van der Waals surface area (Å²) in [5.41, 5.74) is 1.28. The summed E-state index contributed by atoms with van der Waals surface area (Å²) in [5.74, 6) is -0.948. The van der Waals surface area contributed by atoms with Gasteiger partial charge in [-0.25, -0.2) is 0 Å². The van der Waals surface area contributed by atoms with Gasteiger partial charge in [0, 0.05) is 11.6 Å². The number of amides is 1. The molecule has 0 bridgehead atoms. The third-order valence-electron chi connectivity index (χ3n) is 3.03. The van der Waals surface area contributed by atoms with Gasteiger partial charge in [-0.2, -0.15) is 8.42 Å². The second-order valence-corrected chi connectivity index (χ2v) is 5.74. The van der Waals surface area contributed by atoms with Crippen molar-refractivity contribution in [2.24, 2.45) is 0 Å². The first-order valence-corrected chi connectivity index (χ1v) is 8.13. The highest BCUT2D eigenvalue weighted by Crippen LogP contribution is 2.23. The number of hydrogen-bond acceptors (Lipinski definition) is 7. The monoisotopic (exact) mass is 363 g/mol. The van der Waals surface area contributed by atoms with Crippen molar-refractivity contribution in [3.8, 4) is 17.0 Å². The highest BCUT2D eigenvalue weighted by molar-refractivity contribution is 7.81. The summed E-state index contributed by atoms with van der Waals surface area (Å²) in [4.78, 5) is 16.1. The van der Waals surface area contributed by atoms with Crippen molar-refractivity contribution < 1.29 is 25.8 Å². The van der Waals surface area contributed by atoms with E-state index in [1.807, 2.05) is 6.07 Å². The van der Waals surface area contributed by atoms with Crippen molar-refractivity contribution in [3.05, 3.63) is 60.6 Å². The molecule has 0 spiro atoms. The Morgan fingerprint density at radius 1 is 1.20 bits per heavy atom. The normalized spacial score (nSPS) is 11.1. The van der Waals surface area contributed by atoms with Crippen molar-refractivity contribution in [3.63, 3.8) is 0 Å². The zero-order valence-corrected chi connectivity index (χ0v) is 13.2. The number of carbonyl (C=O) groups is 1. The summed E-state index contributed by atoms with van der Waals surface area (Å²) < 4.78 is 42.5. The molecule has 0 saturated heterocycles. The number of pyridine rings is 1. The largest absolute Gasteiger partial charge is 0.488 e. The average Bonchev–Trinajstić information content (AvgIpc) is 3.04. The molecule has 1 N–H and O–H groups in total. The lowest BCUT2D eigenvalue weighted by Crippen LogP contribution is -2.12. The number of nitrogens with one attached hydrogen (secondary N) is 1. The minimum atomic E-state index is -5.19. The maximum atomic E-state index is 12.5. The van der Waals surface area contributed by atoms with Crippen molar-refractivity contribution in [2.75, 3.05) is 5.32 Å². The smallest absolute Gasteiger partial charge is 0.363 e. The van der Waals surface area contributed by atoms with Crippen LogP contribution in [-0.2, 0) is 10.5 Å². The number of benzene rings is 1. The molecule has 3 rings (SSSR count). The molecule has 25 heavy (non-hydrogen) atoms. The Morgan fingerprint density at radius 3 is 2.68 bits per heavy atom. The van der Waals surface area contributed by atoms with Crippen LogP contribution in [0.3, 0.4) is 0 Å². The predicted octanol–water partition coefficient (Wildman–Crippen LogP) is 2.58. The van der Waals surface area contributed by atoms with Crippen LogP contribution in [0.2, 0.25) is 0 Å². The van der Waals surface area contributed by atoms with E-state index in [1.165, 1.54) is 12.5 Å². The van der Waals surface area contributed by atoms with Crippen LogP contribution in [0.1, 0.15) is 10.4 Å². The topological polar surface area (TPSA) is 111 Å². The van der Waals surface area contributed by atoms with E-state index < -0.39 is 16.4 Å². The van der Waals surface area contributed by atoms with Crippen LogP contribution in [0.5, 0.6) is 5.75 Å². The summed E-state index contributed by atoms with van der Waals surface area (Å²) in [7, 11) is -5.19. The molecule has 1 aromatic carbocycles. The lowest BCUT2D eigenvalue weighted by Gasteiger charge is -2.06. The van der Waals surface area contributed by atoms with Crippen LogP contribution in [-0.4, -0.2) is 24.5 Å². The number of anilines is 1. The van der Waals surface area contributed by atoms with Gasteiger partial charge >= 0.3 is 10.5 Å². The fourth-order valence-electron chi connectivity index (χ4n) is 2.05. The zero-order valence-electron chi connectivity index (χ0n) is 12.4. The summed E-state index contributed by atoms with van der Waals surface area (Å²) in [6.45, 7) is 0. The Kier molecular flexibility index (Phi) is 4.44. The van der Waals surface area contributed by atoms with E-state index >= 15 is 0 Å². The second kappa shape index (κ2) is 6.69. The van der Waals surface area contributed by atoms with Crippen LogP contribution >= 0.6 is 0 Å². The Morgan fingerprint density at radius 2 is 1.96 bits per heavy atom. The van der Waals surface area contributed by atoms with Crippen LogP contribution in [0.4, 0.5) is 9.57 Å². The van der Waals surface area contributed by atoms with Gasteiger partial charge in [0.1, 0.15) is 17.5 Å². The third-order valence-corrected chi connectivity index (χ3v) is 3.42. The van der Waals surface area contributed by atoms with E-state index in [1.54, 1.807) is 24.3 Å². The van der Waals surface area contributed by atoms with Crippen LogP contribution in [0.15, 0.2) is 59.6 Å². The molecule has 0 atom stereocenters. The molecule has 0 aliphatic rings. The van der Waals surface area contributed by atoms with E-state index in [-0.39, 0.29) is 17.0 Å². The highest BCUT2D eigenvalue weighted by atomic mass is 32.3. The first-order chi connectivity index (χ1) is 11.9. The number of carbonyl (C=O) groups excluding carboxylic acids is 1. The maximum Gasteiger partial charge on any atom is 0.488 e.